The van der Waals surface area contributed by atoms with E-state index in [4.69, 9.17) is 5.73 Å². The number of hydrogen-bond acceptors (Lipinski definition) is 4. The smallest absolute Gasteiger partial charge is 0.326 e. The molecule has 1 aliphatic heterocycles. The van der Waals surface area contributed by atoms with Crippen LogP contribution in [-0.2, 0) is 20.9 Å². The first-order valence-electron chi connectivity index (χ1n) is 9.24. The van der Waals surface area contributed by atoms with E-state index in [9.17, 15) is 23.9 Å². The molecule has 0 aliphatic carbocycles. The van der Waals surface area contributed by atoms with E-state index in [1.807, 2.05) is 30.3 Å². The maximum Gasteiger partial charge on any atom is 0.326 e. The molecule has 2 amide bonds. The number of amides is 2. The summed E-state index contributed by atoms with van der Waals surface area (Å²) in [7, 11) is 0. The van der Waals surface area contributed by atoms with Crippen molar-refractivity contribution in [3.05, 3.63) is 71.5 Å². The lowest BCUT2D eigenvalue weighted by atomic mass is 9.91. The van der Waals surface area contributed by atoms with Gasteiger partial charge in [0.25, 0.3) is 0 Å². The second kappa shape index (κ2) is 8.83. The molecule has 1 saturated heterocycles. The van der Waals surface area contributed by atoms with Gasteiger partial charge in [-0.3, -0.25) is 9.59 Å². The highest BCUT2D eigenvalue weighted by atomic mass is 19.1. The summed E-state index contributed by atoms with van der Waals surface area (Å²) in [6, 6.07) is 12.6. The van der Waals surface area contributed by atoms with Crippen molar-refractivity contribution >= 4 is 17.8 Å². The summed E-state index contributed by atoms with van der Waals surface area (Å²) in [4.78, 5) is 38.2. The van der Waals surface area contributed by atoms with Crippen LogP contribution in [0, 0.1) is 11.7 Å². The number of nitrogens with one attached hydrogen (secondary N) is 1. The summed E-state index contributed by atoms with van der Waals surface area (Å²) in [5.41, 5.74) is 6.43. The fraction of sp³-hybridized carbons (Fsp3) is 0.286. The molecule has 0 radical (unpaired) electrons. The zero-order valence-electron chi connectivity index (χ0n) is 15.6. The summed E-state index contributed by atoms with van der Waals surface area (Å²) in [5.74, 6) is -3.89. The Hall–Kier alpha value is -3.26. The molecule has 152 valence electrons. The Labute approximate surface area is 167 Å². The fourth-order valence-corrected chi connectivity index (χ4v) is 3.77. The van der Waals surface area contributed by atoms with E-state index in [2.05, 4.69) is 5.32 Å². The number of nitrogens with two attached hydrogens (primary N) is 1. The first kappa shape index (κ1) is 20.5. The quantitative estimate of drug-likeness (QED) is 0.680. The minimum atomic E-state index is -1.26. The van der Waals surface area contributed by atoms with Gasteiger partial charge >= 0.3 is 5.97 Å². The molecule has 8 heteroatoms. The minimum Gasteiger partial charge on any atom is -0.480 e. The third-order valence-corrected chi connectivity index (χ3v) is 5.11. The van der Waals surface area contributed by atoms with Gasteiger partial charge in [0.15, 0.2) is 0 Å². The molecular weight excluding hydrogens is 377 g/mol. The number of aliphatic carboxylic acids is 1. The molecule has 0 aromatic heterocycles. The van der Waals surface area contributed by atoms with E-state index in [1.165, 1.54) is 18.2 Å². The van der Waals surface area contributed by atoms with Crippen LogP contribution in [0.2, 0.25) is 0 Å². The van der Waals surface area contributed by atoms with Crippen molar-refractivity contribution in [2.45, 2.75) is 25.0 Å². The Balaban J connectivity index is 1.94. The molecule has 4 N–H and O–H groups in total. The van der Waals surface area contributed by atoms with Crippen LogP contribution in [0.1, 0.15) is 23.6 Å². The van der Waals surface area contributed by atoms with Gasteiger partial charge in [-0.25, -0.2) is 9.18 Å². The Morgan fingerprint density at radius 2 is 1.76 bits per heavy atom. The maximum absolute atomic E-state index is 14.5. The Morgan fingerprint density at radius 3 is 2.38 bits per heavy atom. The summed E-state index contributed by atoms with van der Waals surface area (Å²) in [6.45, 7) is -0.199. The molecule has 29 heavy (non-hydrogen) atoms. The van der Waals surface area contributed by atoms with Crippen LogP contribution in [0.15, 0.2) is 54.6 Å². The van der Waals surface area contributed by atoms with Crippen molar-refractivity contribution in [1.82, 2.24) is 10.2 Å². The van der Waals surface area contributed by atoms with E-state index in [-0.39, 0.29) is 18.5 Å². The van der Waals surface area contributed by atoms with E-state index in [0.29, 0.717) is 0 Å². The second-order valence-corrected chi connectivity index (χ2v) is 6.87. The normalized spacial score (nSPS) is 21.0. The number of hydrogen-bond donors (Lipinski definition) is 3. The summed E-state index contributed by atoms with van der Waals surface area (Å²) in [5, 5.41) is 12.4. The predicted octanol–water partition coefficient (Wildman–Crippen LogP) is 1.44. The second-order valence-electron chi connectivity index (χ2n) is 6.87. The number of likely N-dealkylation sites (tertiary alicyclic amines) is 1. The third-order valence-electron chi connectivity index (χ3n) is 5.11. The number of carboxylic acids is 1. The van der Waals surface area contributed by atoms with Crippen LogP contribution in [-0.4, -0.2) is 40.4 Å². The van der Waals surface area contributed by atoms with E-state index in [1.54, 1.807) is 6.07 Å². The van der Waals surface area contributed by atoms with Crippen molar-refractivity contribution in [1.29, 1.82) is 0 Å². The summed E-state index contributed by atoms with van der Waals surface area (Å²) < 4.78 is 14.5. The highest BCUT2D eigenvalue weighted by Gasteiger charge is 2.50. The molecule has 1 heterocycles. The van der Waals surface area contributed by atoms with E-state index in [0.717, 1.165) is 10.5 Å². The first-order valence-corrected chi connectivity index (χ1v) is 9.24. The average molecular weight is 399 g/mol. The lowest BCUT2D eigenvalue weighted by Crippen LogP contribution is -2.45. The van der Waals surface area contributed by atoms with E-state index >= 15 is 0 Å². The molecule has 1 aliphatic rings. The van der Waals surface area contributed by atoms with Gasteiger partial charge in [0.05, 0.1) is 18.5 Å². The monoisotopic (exact) mass is 399 g/mol. The van der Waals surface area contributed by atoms with Crippen molar-refractivity contribution in [3.63, 3.8) is 0 Å². The minimum absolute atomic E-state index is 0.0953. The zero-order valence-corrected chi connectivity index (χ0v) is 15.6. The van der Waals surface area contributed by atoms with Gasteiger partial charge in [-0.1, -0.05) is 48.5 Å². The van der Waals surface area contributed by atoms with Gasteiger partial charge in [0.1, 0.15) is 11.9 Å². The van der Waals surface area contributed by atoms with Gasteiger partial charge in [0.2, 0.25) is 11.8 Å². The van der Waals surface area contributed by atoms with Gasteiger partial charge in [-0.2, -0.15) is 0 Å². The standard InChI is InChI=1S/C21H22FN3O4/c22-16-9-5-4-8-14(16)19-15(10-17(21(28)29)25(19)18(26)11-23)20(27)24-12-13-6-2-1-3-7-13/h1-9,15,17,19H,10-12,23H2,(H,24,27)(H,28,29). The van der Waals surface area contributed by atoms with Crippen LogP contribution in [0.25, 0.3) is 0 Å². The molecule has 3 unspecified atom stereocenters. The molecule has 0 bridgehead atoms. The van der Waals surface area contributed by atoms with Gasteiger partial charge < -0.3 is 21.1 Å². The van der Waals surface area contributed by atoms with Crippen molar-refractivity contribution in [2.24, 2.45) is 11.7 Å². The fourth-order valence-electron chi connectivity index (χ4n) is 3.77. The van der Waals surface area contributed by atoms with Crippen LogP contribution in [0.5, 0.6) is 0 Å². The molecule has 7 nitrogen and oxygen atoms in total. The third kappa shape index (κ3) is 4.27. The summed E-state index contributed by atoms with van der Waals surface area (Å²) >= 11 is 0. The molecule has 1 fully saturated rings. The molecular formula is C21H22FN3O4. The molecule has 0 saturated carbocycles. The van der Waals surface area contributed by atoms with Crippen molar-refractivity contribution in [3.8, 4) is 0 Å². The maximum atomic E-state index is 14.5. The lowest BCUT2D eigenvalue weighted by Gasteiger charge is -2.30. The molecule has 3 rings (SSSR count). The van der Waals surface area contributed by atoms with Gasteiger partial charge in [0, 0.05) is 12.1 Å². The molecule has 0 spiro atoms. The largest absolute Gasteiger partial charge is 0.480 e. The van der Waals surface area contributed by atoms with Gasteiger partial charge in [-0.05, 0) is 18.1 Å². The molecule has 2 aromatic rings. The van der Waals surface area contributed by atoms with Crippen molar-refractivity contribution in [2.75, 3.05) is 6.54 Å². The Kier molecular flexibility index (Phi) is 6.23. The van der Waals surface area contributed by atoms with Gasteiger partial charge in [-0.15, -0.1) is 0 Å². The highest BCUT2D eigenvalue weighted by Crippen LogP contribution is 2.42. The topological polar surface area (TPSA) is 113 Å². The molecule has 3 atom stereocenters. The highest BCUT2D eigenvalue weighted by molar-refractivity contribution is 5.89. The SMILES string of the molecule is NCC(=O)N1C(C(=O)O)CC(C(=O)NCc2ccccc2)C1c1ccccc1F. The number of carbonyl (C=O) groups excluding carboxylic acids is 2. The first-order chi connectivity index (χ1) is 13.9. The zero-order chi connectivity index (χ0) is 21.0. The average Bonchev–Trinajstić information content (AvgIpc) is 3.13. The number of benzene rings is 2. The number of rotatable bonds is 6. The lowest BCUT2D eigenvalue weighted by molar-refractivity contribution is -0.149. The van der Waals surface area contributed by atoms with Crippen LogP contribution in [0.3, 0.4) is 0 Å². The van der Waals surface area contributed by atoms with Crippen LogP contribution < -0.4 is 11.1 Å². The Morgan fingerprint density at radius 1 is 1.10 bits per heavy atom. The Bertz CT molecular complexity index is 906. The van der Waals surface area contributed by atoms with Crippen molar-refractivity contribution < 1.29 is 23.9 Å². The summed E-state index contributed by atoms with van der Waals surface area (Å²) in [6.07, 6.45) is -0.124. The number of nitrogens with zero attached hydrogens (tertiary/aromatic N) is 1. The molecule has 2 aromatic carbocycles. The van der Waals surface area contributed by atoms with E-state index < -0.39 is 48.1 Å². The predicted molar refractivity (Wildman–Crippen MR) is 103 cm³/mol. The number of carboxylic acid groups (broad SMARTS) is 1. The van der Waals surface area contributed by atoms with Crippen LogP contribution in [0.4, 0.5) is 4.39 Å². The number of halogens is 1. The number of carbonyl (C=O) groups is 3. The van der Waals surface area contributed by atoms with Crippen LogP contribution >= 0.6 is 0 Å².